The lowest BCUT2D eigenvalue weighted by Crippen LogP contribution is -2.34. The summed E-state index contributed by atoms with van der Waals surface area (Å²) in [5.41, 5.74) is 1.82. The minimum absolute atomic E-state index is 0.0868. The van der Waals surface area contributed by atoms with Crippen molar-refractivity contribution in [3.8, 4) is 0 Å². The topological polar surface area (TPSA) is 88.1 Å². The summed E-state index contributed by atoms with van der Waals surface area (Å²) in [7, 11) is 0. The van der Waals surface area contributed by atoms with Crippen LogP contribution in [0.25, 0.3) is 0 Å². The van der Waals surface area contributed by atoms with Gasteiger partial charge in [-0.1, -0.05) is 36.4 Å². The Balaban J connectivity index is 1.44. The second kappa shape index (κ2) is 8.90. The van der Waals surface area contributed by atoms with Crippen LogP contribution >= 0.6 is 0 Å². The molecular formula is C20H18FN3O4. The minimum Gasteiger partial charge on any atom is -0.454 e. The average molecular weight is 383 g/mol. The summed E-state index contributed by atoms with van der Waals surface area (Å²) in [5.74, 6) is -2.39. The van der Waals surface area contributed by atoms with E-state index in [-0.39, 0.29) is 5.56 Å². The Labute approximate surface area is 160 Å². The third-order valence-electron chi connectivity index (χ3n) is 4.03. The van der Waals surface area contributed by atoms with E-state index in [9.17, 15) is 18.8 Å². The van der Waals surface area contributed by atoms with Crippen LogP contribution in [0.5, 0.6) is 0 Å². The summed E-state index contributed by atoms with van der Waals surface area (Å²) in [6, 6.07) is 14.6. The Morgan fingerprint density at radius 3 is 2.64 bits per heavy atom. The first-order valence-corrected chi connectivity index (χ1v) is 8.65. The van der Waals surface area contributed by atoms with Crippen molar-refractivity contribution < 1.29 is 23.5 Å². The Kier molecular flexibility index (Phi) is 6.11. The van der Waals surface area contributed by atoms with Gasteiger partial charge in [0.25, 0.3) is 11.8 Å². The van der Waals surface area contributed by atoms with Crippen LogP contribution in [0, 0.1) is 5.82 Å². The molecule has 0 saturated carbocycles. The van der Waals surface area contributed by atoms with E-state index >= 15 is 0 Å². The van der Waals surface area contributed by atoms with Gasteiger partial charge in [-0.15, -0.1) is 0 Å². The zero-order valence-corrected chi connectivity index (χ0v) is 14.9. The molecule has 1 aliphatic rings. The summed E-state index contributed by atoms with van der Waals surface area (Å²) in [4.78, 5) is 35.7. The molecule has 144 valence electrons. The number of hydrogen-bond acceptors (Lipinski definition) is 5. The smallest absolute Gasteiger partial charge is 0.325 e. The molecule has 2 aromatic rings. The van der Waals surface area contributed by atoms with Crippen molar-refractivity contribution in [2.75, 3.05) is 19.7 Å². The summed E-state index contributed by atoms with van der Waals surface area (Å²) in [5, 5.41) is 7.84. The zero-order valence-electron chi connectivity index (χ0n) is 14.9. The number of nitrogens with zero attached hydrogens (tertiary/aromatic N) is 2. The van der Waals surface area contributed by atoms with E-state index in [1.54, 1.807) is 0 Å². The number of amides is 2. The van der Waals surface area contributed by atoms with Crippen LogP contribution in [-0.4, -0.2) is 48.2 Å². The van der Waals surface area contributed by atoms with E-state index in [0.717, 1.165) is 17.3 Å². The number of ether oxygens (including phenoxy) is 1. The Morgan fingerprint density at radius 2 is 1.89 bits per heavy atom. The molecule has 0 aliphatic carbocycles. The highest BCUT2D eigenvalue weighted by atomic mass is 19.1. The molecule has 28 heavy (non-hydrogen) atoms. The molecule has 0 saturated heterocycles. The number of hydrogen-bond donors (Lipinski definition) is 1. The molecule has 0 unspecified atom stereocenters. The normalized spacial score (nSPS) is 13.0. The van der Waals surface area contributed by atoms with Crippen molar-refractivity contribution in [2.24, 2.45) is 5.10 Å². The largest absolute Gasteiger partial charge is 0.454 e. The highest BCUT2D eigenvalue weighted by Gasteiger charge is 2.22. The van der Waals surface area contributed by atoms with Crippen molar-refractivity contribution in [2.45, 2.75) is 6.42 Å². The summed E-state index contributed by atoms with van der Waals surface area (Å²) in [6.07, 6.45) is 0.618. The van der Waals surface area contributed by atoms with Crippen LogP contribution in [0.2, 0.25) is 0 Å². The summed E-state index contributed by atoms with van der Waals surface area (Å²) in [6.45, 7) is -0.488. The first-order valence-electron chi connectivity index (χ1n) is 8.65. The Bertz CT molecular complexity index is 915. The molecule has 7 nitrogen and oxygen atoms in total. The van der Waals surface area contributed by atoms with E-state index in [4.69, 9.17) is 4.74 Å². The first-order chi connectivity index (χ1) is 13.5. The van der Waals surface area contributed by atoms with Gasteiger partial charge in [0.1, 0.15) is 12.4 Å². The molecule has 0 atom stereocenters. The van der Waals surface area contributed by atoms with Gasteiger partial charge in [-0.25, -0.2) is 9.40 Å². The predicted octanol–water partition coefficient (Wildman–Crippen LogP) is 1.74. The number of benzene rings is 2. The monoisotopic (exact) mass is 383 g/mol. The van der Waals surface area contributed by atoms with Gasteiger partial charge in [-0.2, -0.15) is 5.10 Å². The number of nitrogens with one attached hydrogen (secondary N) is 1. The molecule has 0 radical (unpaired) electrons. The predicted molar refractivity (Wildman–Crippen MR) is 99.0 cm³/mol. The molecule has 2 aromatic carbocycles. The average Bonchev–Trinajstić information content (AvgIpc) is 3.21. The maximum Gasteiger partial charge on any atom is 0.325 e. The van der Waals surface area contributed by atoms with Gasteiger partial charge in [0, 0.05) is 12.0 Å². The van der Waals surface area contributed by atoms with E-state index in [0.29, 0.717) is 13.0 Å². The van der Waals surface area contributed by atoms with Gasteiger partial charge in [0.2, 0.25) is 0 Å². The van der Waals surface area contributed by atoms with Crippen molar-refractivity contribution in [1.29, 1.82) is 0 Å². The highest BCUT2D eigenvalue weighted by Crippen LogP contribution is 2.13. The van der Waals surface area contributed by atoms with Crippen molar-refractivity contribution in [3.63, 3.8) is 0 Å². The van der Waals surface area contributed by atoms with Gasteiger partial charge in [-0.05, 0) is 23.8 Å². The van der Waals surface area contributed by atoms with E-state index in [1.165, 1.54) is 23.2 Å². The van der Waals surface area contributed by atoms with Crippen LogP contribution in [0.4, 0.5) is 4.39 Å². The van der Waals surface area contributed by atoms with Crippen LogP contribution in [0.15, 0.2) is 59.7 Å². The molecule has 1 aliphatic heterocycles. The van der Waals surface area contributed by atoms with Crippen LogP contribution in [0.3, 0.4) is 0 Å². The Hall–Kier alpha value is -3.55. The fourth-order valence-electron chi connectivity index (χ4n) is 2.62. The number of carbonyl (C=O) groups excluding carboxylic acids is 3. The molecule has 2 amide bonds. The maximum absolute atomic E-state index is 13.1. The molecule has 1 N–H and O–H groups in total. The zero-order chi connectivity index (χ0) is 19.9. The molecule has 1 heterocycles. The highest BCUT2D eigenvalue weighted by molar-refractivity contribution is 6.02. The second-order valence-corrected chi connectivity index (χ2v) is 6.03. The minimum atomic E-state index is -0.774. The van der Waals surface area contributed by atoms with Crippen molar-refractivity contribution in [3.05, 3.63) is 71.5 Å². The first kappa shape index (κ1) is 19.2. The van der Waals surface area contributed by atoms with Gasteiger partial charge in [-0.3, -0.25) is 14.4 Å². The van der Waals surface area contributed by atoms with Gasteiger partial charge in [0.05, 0.1) is 12.3 Å². The number of hydrazone groups is 1. The van der Waals surface area contributed by atoms with Crippen LogP contribution in [0.1, 0.15) is 22.3 Å². The van der Waals surface area contributed by atoms with Crippen molar-refractivity contribution >= 4 is 23.5 Å². The number of carbonyl (C=O) groups is 3. The second-order valence-electron chi connectivity index (χ2n) is 6.03. The maximum atomic E-state index is 13.1. The number of esters is 1. The van der Waals surface area contributed by atoms with E-state index < -0.39 is 36.8 Å². The molecular weight excluding hydrogens is 365 g/mol. The third-order valence-corrected chi connectivity index (χ3v) is 4.03. The lowest BCUT2D eigenvalue weighted by molar-refractivity contribution is -0.150. The van der Waals surface area contributed by atoms with E-state index in [2.05, 4.69) is 10.4 Å². The molecule has 8 heteroatoms. The van der Waals surface area contributed by atoms with Crippen molar-refractivity contribution in [1.82, 2.24) is 10.3 Å². The lowest BCUT2D eigenvalue weighted by Gasteiger charge is -2.11. The lowest BCUT2D eigenvalue weighted by atomic mass is 10.1. The Morgan fingerprint density at radius 1 is 1.11 bits per heavy atom. The summed E-state index contributed by atoms with van der Waals surface area (Å²) < 4.78 is 18.0. The SMILES string of the molecule is O=C(CNC(=O)c1cccc(F)c1)OCC(=O)N1CCC(c2ccccc2)=N1. The third kappa shape index (κ3) is 5.00. The summed E-state index contributed by atoms with van der Waals surface area (Å²) >= 11 is 0. The number of halogens is 1. The fourth-order valence-corrected chi connectivity index (χ4v) is 2.62. The fraction of sp³-hybridized carbons (Fsp3) is 0.200. The number of rotatable bonds is 6. The molecule has 0 aromatic heterocycles. The van der Waals surface area contributed by atoms with Gasteiger partial charge < -0.3 is 10.1 Å². The molecule has 3 rings (SSSR count). The van der Waals surface area contributed by atoms with Crippen LogP contribution in [-0.2, 0) is 14.3 Å². The molecule has 0 spiro atoms. The van der Waals surface area contributed by atoms with Gasteiger partial charge in [0.15, 0.2) is 6.61 Å². The van der Waals surface area contributed by atoms with Gasteiger partial charge >= 0.3 is 5.97 Å². The quantitative estimate of drug-likeness (QED) is 0.770. The van der Waals surface area contributed by atoms with E-state index in [1.807, 2.05) is 30.3 Å². The van der Waals surface area contributed by atoms with Crippen LogP contribution < -0.4 is 5.32 Å². The molecule has 0 bridgehead atoms. The molecule has 0 fully saturated rings. The standard InChI is InChI=1S/C20H18FN3O4/c21-16-8-4-7-15(11-16)20(27)22-12-19(26)28-13-18(25)24-10-9-17(23-24)14-5-2-1-3-6-14/h1-8,11H,9-10,12-13H2,(H,22,27).